The van der Waals surface area contributed by atoms with Crippen LogP contribution < -0.4 is 16.4 Å². The van der Waals surface area contributed by atoms with Gasteiger partial charge in [-0.1, -0.05) is 13.8 Å². The Kier molecular flexibility index (Phi) is 5.55. The van der Waals surface area contributed by atoms with E-state index < -0.39 is 18.1 Å². The molecular formula is C12H23N3O3. The SMILES string of the molecule is CC(C)C[C@H](N)C(=O)NCC(O)C(=O)NC1CC1. The van der Waals surface area contributed by atoms with Crippen molar-refractivity contribution in [1.82, 2.24) is 10.6 Å². The normalized spacial score (nSPS) is 18.3. The Morgan fingerprint density at radius 2 is 1.94 bits per heavy atom. The van der Waals surface area contributed by atoms with E-state index in [4.69, 9.17) is 5.73 Å². The molecule has 0 saturated heterocycles. The Morgan fingerprint density at radius 1 is 1.33 bits per heavy atom. The second kappa shape index (κ2) is 6.70. The topological polar surface area (TPSA) is 104 Å². The van der Waals surface area contributed by atoms with Crippen LogP contribution in [0.2, 0.25) is 0 Å². The summed E-state index contributed by atoms with van der Waals surface area (Å²) >= 11 is 0. The van der Waals surface area contributed by atoms with E-state index in [9.17, 15) is 14.7 Å². The van der Waals surface area contributed by atoms with Crippen molar-refractivity contribution in [2.75, 3.05) is 6.54 Å². The highest BCUT2D eigenvalue weighted by molar-refractivity contribution is 5.84. The highest BCUT2D eigenvalue weighted by Gasteiger charge is 2.26. The second-order valence-corrected chi connectivity index (χ2v) is 5.28. The van der Waals surface area contributed by atoms with Gasteiger partial charge in [0.2, 0.25) is 5.91 Å². The number of hydrogen-bond acceptors (Lipinski definition) is 4. The molecule has 5 N–H and O–H groups in total. The zero-order chi connectivity index (χ0) is 13.7. The van der Waals surface area contributed by atoms with Crippen LogP contribution in [0, 0.1) is 5.92 Å². The van der Waals surface area contributed by atoms with Crippen molar-refractivity contribution < 1.29 is 14.7 Å². The highest BCUT2D eigenvalue weighted by atomic mass is 16.3. The minimum atomic E-state index is -1.21. The lowest BCUT2D eigenvalue weighted by molar-refractivity contribution is -0.130. The third kappa shape index (κ3) is 5.46. The fraction of sp³-hybridized carbons (Fsp3) is 0.833. The third-order valence-corrected chi connectivity index (χ3v) is 2.76. The largest absolute Gasteiger partial charge is 0.381 e. The number of hydrogen-bond donors (Lipinski definition) is 4. The highest BCUT2D eigenvalue weighted by Crippen LogP contribution is 2.18. The number of rotatable bonds is 7. The first-order valence-electron chi connectivity index (χ1n) is 6.42. The van der Waals surface area contributed by atoms with Gasteiger partial charge in [-0.05, 0) is 25.2 Å². The standard InChI is InChI=1S/C12H23N3O3/c1-7(2)5-9(13)11(17)14-6-10(16)12(18)15-8-3-4-8/h7-10,16H,3-6,13H2,1-2H3,(H,14,17)(H,15,18)/t9-,10?/m0/s1. The fourth-order valence-electron chi connectivity index (χ4n) is 1.56. The summed E-state index contributed by atoms with van der Waals surface area (Å²) in [4.78, 5) is 23.0. The van der Waals surface area contributed by atoms with Crippen LogP contribution in [0.3, 0.4) is 0 Å². The molecule has 1 saturated carbocycles. The van der Waals surface area contributed by atoms with E-state index in [1.807, 2.05) is 13.8 Å². The summed E-state index contributed by atoms with van der Waals surface area (Å²) in [6.07, 6.45) is 1.30. The second-order valence-electron chi connectivity index (χ2n) is 5.28. The molecule has 0 aromatic heterocycles. The molecule has 0 aliphatic heterocycles. The fourth-order valence-corrected chi connectivity index (χ4v) is 1.56. The Balaban J connectivity index is 2.21. The van der Waals surface area contributed by atoms with Crippen LogP contribution in [-0.4, -0.2) is 41.7 Å². The van der Waals surface area contributed by atoms with Gasteiger partial charge in [-0.25, -0.2) is 0 Å². The quantitative estimate of drug-likeness (QED) is 0.475. The minimum absolute atomic E-state index is 0.0941. The molecule has 1 aliphatic rings. The summed E-state index contributed by atoms with van der Waals surface area (Å²) in [5.74, 6) is -0.439. The molecular weight excluding hydrogens is 234 g/mol. The molecule has 1 fully saturated rings. The Bertz CT molecular complexity index is 303. The molecule has 1 unspecified atom stereocenters. The molecule has 2 atom stereocenters. The summed E-state index contributed by atoms with van der Waals surface area (Å²) in [7, 11) is 0. The summed E-state index contributed by atoms with van der Waals surface area (Å²) < 4.78 is 0. The van der Waals surface area contributed by atoms with Gasteiger partial charge in [0.1, 0.15) is 6.10 Å². The summed E-state index contributed by atoms with van der Waals surface area (Å²) in [6.45, 7) is 3.86. The Hall–Kier alpha value is -1.14. The number of aliphatic hydroxyl groups is 1. The molecule has 0 spiro atoms. The summed E-state index contributed by atoms with van der Waals surface area (Å²) in [6, 6.07) is -0.394. The van der Waals surface area contributed by atoms with Gasteiger partial charge in [0, 0.05) is 6.04 Å². The van der Waals surface area contributed by atoms with Crippen LogP contribution in [0.25, 0.3) is 0 Å². The molecule has 2 amide bonds. The molecule has 1 aliphatic carbocycles. The van der Waals surface area contributed by atoms with Crippen LogP contribution in [0.1, 0.15) is 33.1 Å². The van der Waals surface area contributed by atoms with E-state index in [-0.39, 0.29) is 18.5 Å². The number of amides is 2. The molecule has 0 aromatic carbocycles. The van der Waals surface area contributed by atoms with E-state index in [0.717, 1.165) is 12.8 Å². The molecule has 104 valence electrons. The number of nitrogens with one attached hydrogen (secondary N) is 2. The first-order valence-corrected chi connectivity index (χ1v) is 6.42. The van der Waals surface area contributed by atoms with Crippen molar-refractivity contribution in [3.63, 3.8) is 0 Å². The molecule has 1 rings (SSSR count). The van der Waals surface area contributed by atoms with Gasteiger partial charge in [-0.2, -0.15) is 0 Å². The lowest BCUT2D eigenvalue weighted by Gasteiger charge is -2.16. The molecule has 0 heterocycles. The molecule has 0 bridgehead atoms. The zero-order valence-corrected chi connectivity index (χ0v) is 11.0. The van der Waals surface area contributed by atoms with Crippen LogP contribution in [-0.2, 0) is 9.59 Å². The van der Waals surface area contributed by atoms with Gasteiger partial charge in [-0.15, -0.1) is 0 Å². The monoisotopic (exact) mass is 257 g/mol. The van der Waals surface area contributed by atoms with Crippen molar-refractivity contribution in [3.8, 4) is 0 Å². The van der Waals surface area contributed by atoms with Gasteiger partial charge in [0.15, 0.2) is 0 Å². The van der Waals surface area contributed by atoms with Gasteiger partial charge in [0.25, 0.3) is 5.91 Å². The number of nitrogens with two attached hydrogens (primary N) is 1. The first kappa shape index (κ1) is 14.9. The third-order valence-electron chi connectivity index (χ3n) is 2.76. The van der Waals surface area contributed by atoms with Gasteiger partial charge in [-0.3, -0.25) is 9.59 Å². The molecule has 6 heteroatoms. The maximum Gasteiger partial charge on any atom is 0.250 e. The van der Waals surface area contributed by atoms with Crippen LogP contribution in [0.4, 0.5) is 0 Å². The van der Waals surface area contributed by atoms with E-state index in [1.54, 1.807) is 0 Å². The van der Waals surface area contributed by atoms with Gasteiger partial charge in [0.05, 0.1) is 12.6 Å². The lowest BCUT2D eigenvalue weighted by atomic mass is 10.0. The summed E-state index contributed by atoms with van der Waals surface area (Å²) in [5, 5.41) is 14.7. The summed E-state index contributed by atoms with van der Waals surface area (Å²) in [5.41, 5.74) is 5.68. The lowest BCUT2D eigenvalue weighted by Crippen LogP contribution is -2.48. The zero-order valence-electron chi connectivity index (χ0n) is 11.0. The smallest absolute Gasteiger partial charge is 0.250 e. The number of aliphatic hydroxyl groups excluding tert-OH is 1. The maximum absolute atomic E-state index is 11.6. The van der Waals surface area contributed by atoms with Crippen molar-refractivity contribution in [3.05, 3.63) is 0 Å². The van der Waals surface area contributed by atoms with Crippen molar-refractivity contribution in [2.24, 2.45) is 11.7 Å². The van der Waals surface area contributed by atoms with Crippen LogP contribution >= 0.6 is 0 Å². The van der Waals surface area contributed by atoms with E-state index in [1.165, 1.54) is 0 Å². The van der Waals surface area contributed by atoms with E-state index >= 15 is 0 Å². The van der Waals surface area contributed by atoms with E-state index in [2.05, 4.69) is 10.6 Å². The van der Waals surface area contributed by atoms with Gasteiger partial charge < -0.3 is 21.5 Å². The molecule has 6 nitrogen and oxygen atoms in total. The van der Waals surface area contributed by atoms with E-state index in [0.29, 0.717) is 12.3 Å². The predicted octanol–water partition coefficient (Wildman–Crippen LogP) is -0.884. The average molecular weight is 257 g/mol. The van der Waals surface area contributed by atoms with Crippen molar-refractivity contribution >= 4 is 11.8 Å². The van der Waals surface area contributed by atoms with Crippen LogP contribution in [0.15, 0.2) is 0 Å². The minimum Gasteiger partial charge on any atom is -0.381 e. The molecule has 18 heavy (non-hydrogen) atoms. The first-order chi connectivity index (χ1) is 8.40. The Morgan fingerprint density at radius 3 is 2.44 bits per heavy atom. The maximum atomic E-state index is 11.6. The van der Waals surface area contributed by atoms with Gasteiger partial charge >= 0.3 is 0 Å². The number of carbonyl (C=O) groups excluding carboxylic acids is 2. The van der Waals surface area contributed by atoms with Crippen molar-refractivity contribution in [2.45, 2.75) is 51.3 Å². The predicted molar refractivity (Wildman–Crippen MR) is 67.6 cm³/mol. The molecule has 0 radical (unpaired) electrons. The number of carbonyl (C=O) groups is 2. The average Bonchev–Trinajstić information content (AvgIpc) is 3.08. The van der Waals surface area contributed by atoms with Crippen LogP contribution in [0.5, 0.6) is 0 Å². The Labute approximate surface area is 107 Å². The molecule has 0 aromatic rings. The van der Waals surface area contributed by atoms with Crippen molar-refractivity contribution in [1.29, 1.82) is 0 Å².